The summed E-state index contributed by atoms with van der Waals surface area (Å²) in [7, 11) is 0. The molecule has 4 heteroatoms. The molecule has 0 bridgehead atoms. The van der Waals surface area contributed by atoms with Crippen molar-refractivity contribution in [1.82, 2.24) is 15.5 Å². The van der Waals surface area contributed by atoms with Crippen LogP contribution in [0.5, 0.6) is 0 Å². The van der Waals surface area contributed by atoms with Crippen LogP contribution in [0, 0.1) is 0 Å². The van der Waals surface area contributed by atoms with Gasteiger partial charge in [-0.05, 0) is 55.9 Å². The van der Waals surface area contributed by atoms with Gasteiger partial charge in [-0.2, -0.15) is 4.98 Å². The first kappa shape index (κ1) is 16.0. The lowest BCUT2D eigenvalue weighted by atomic mass is 10.0. The molecule has 128 valence electrons. The summed E-state index contributed by atoms with van der Waals surface area (Å²) >= 11 is 0. The van der Waals surface area contributed by atoms with E-state index in [2.05, 4.69) is 46.6 Å². The van der Waals surface area contributed by atoms with Crippen molar-refractivity contribution in [2.24, 2.45) is 0 Å². The van der Waals surface area contributed by atoms with Crippen LogP contribution in [0.15, 0.2) is 59.1 Å². The van der Waals surface area contributed by atoms with Crippen LogP contribution in [0.4, 0.5) is 0 Å². The van der Waals surface area contributed by atoms with Crippen LogP contribution < -0.4 is 5.32 Å². The van der Waals surface area contributed by atoms with Crippen LogP contribution >= 0.6 is 0 Å². The zero-order chi connectivity index (χ0) is 17.1. The van der Waals surface area contributed by atoms with E-state index in [0.717, 1.165) is 17.8 Å². The van der Waals surface area contributed by atoms with Gasteiger partial charge in [0.1, 0.15) is 0 Å². The van der Waals surface area contributed by atoms with E-state index in [9.17, 15) is 0 Å². The molecule has 3 aromatic rings. The summed E-state index contributed by atoms with van der Waals surface area (Å²) in [5.74, 6) is 1.30. The molecule has 2 aromatic carbocycles. The smallest absolute Gasteiger partial charge is 0.257 e. The van der Waals surface area contributed by atoms with Gasteiger partial charge in [0, 0.05) is 11.6 Å². The molecule has 1 aromatic heterocycles. The predicted octanol–water partition coefficient (Wildman–Crippen LogP) is 4.33. The summed E-state index contributed by atoms with van der Waals surface area (Å²) < 4.78 is 5.44. The fourth-order valence-electron chi connectivity index (χ4n) is 3.59. The van der Waals surface area contributed by atoms with E-state index in [1.807, 2.05) is 30.3 Å². The Morgan fingerprint density at radius 1 is 1.04 bits per heavy atom. The molecule has 0 amide bonds. The second-order valence-corrected chi connectivity index (χ2v) is 6.77. The van der Waals surface area contributed by atoms with E-state index >= 15 is 0 Å². The lowest BCUT2D eigenvalue weighted by Gasteiger charge is -2.20. The first-order valence-electron chi connectivity index (χ1n) is 9.01. The monoisotopic (exact) mass is 333 g/mol. The molecule has 1 N–H and O–H groups in total. The Balaban J connectivity index is 1.45. The molecule has 2 unspecified atom stereocenters. The number of aryl methyl sites for hydroxylation is 1. The highest BCUT2D eigenvalue weighted by molar-refractivity contribution is 5.52. The maximum Gasteiger partial charge on any atom is 0.257 e. The van der Waals surface area contributed by atoms with Crippen LogP contribution in [0.1, 0.15) is 42.8 Å². The maximum absolute atomic E-state index is 5.44. The normalized spacial score (nSPS) is 18.4. The highest BCUT2D eigenvalue weighted by atomic mass is 16.5. The van der Waals surface area contributed by atoms with Gasteiger partial charge in [-0.3, -0.25) is 0 Å². The number of nitrogens with one attached hydrogen (secondary N) is 1. The summed E-state index contributed by atoms with van der Waals surface area (Å²) in [5.41, 5.74) is 3.91. The maximum atomic E-state index is 5.44. The summed E-state index contributed by atoms with van der Waals surface area (Å²) in [6.07, 6.45) is 4.61. The van der Waals surface area contributed by atoms with Crippen LogP contribution in [0.25, 0.3) is 11.5 Å². The fourth-order valence-corrected chi connectivity index (χ4v) is 3.59. The lowest BCUT2D eigenvalue weighted by Crippen LogP contribution is -2.33. The number of aromatic nitrogens is 2. The molecule has 1 aliphatic rings. The van der Waals surface area contributed by atoms with E-state index < -0.39 is 0 Å². The summed E-state index contributed by atoms with van der Waals surface area (Å²) in [5, 5.41) is 7.87. The minimum atomic E-state index is 0.0662. The molecule has 0 radical (unpaired) electrons. The SMILES string of the molecule is CC(NC1CCCc2ccccc2C1)c1noc(-c2ccccc2)n1. The van der Waals surface area contributed by atoms with Crippen molar-refractivity contribution in [1.29, 1.82) is 0 Å². The molecule has 25 heavy (non-hydrogen) atoms. The first-order chi connectivity index (χ1) is 12.3. The Morgan fingerprint density at radius 2 is 1.80 bits per heavy atom. The van der Waals surface area contributed by atoms with E-state index in [1.54, 1.807) is 0 Å². The van der Waals surface area contributed by atoms with E-state index in [4.69, 9.17) is 4.52 Å². The van der Waals surface area contributed by atoms with Gasteiger partial charge in [-0.1, -0.05) is 47.6 Å². The highest BCUT2D eigenvalue weighted by Crippen LogP contribution is 2.23. The molecule has 0 spiro atoms. The van der Waals surface area contributed by atoms with E-state index in [-0.39, 0.29) is 6.04 Å². The molecule has 2 atom stereocenters. The number of fused-ring (bicyclic) bond motifs is 1. The Labute approximate surface area is 148 Å². The molecular formula is C21H23N3O. The zero-order valence-corrected chi connectivity index (χ0v) is 14.5. The Hall–Kier alpha value is -2.46. The number of rotatable bonds is 4. The predicted molar refractivity (Wildman–Crippen MR) is 98.2 cm³/mol. The van der Waals surface area contributed by atoms with Gasteiger partial charge in [-0.15, -0.1) is 0 Å². The molecule has 4 rings (SSSR count). The summed E-state index contributed by atoms with van der Waals surface area (Å²) in [6, 6.07) is 19.2. The Kier molecular flexibility index (Phi) is 4.61. The second-order valence-electron chi connectivity index (χ2n) is 6.77. The van der Waals surface area contributed by atoms with Crippen molar-refractivity contribution < 1.29 is 4.52 Å². The summed E-state index contributed by atoms with van der Waals surface area (Å²) in [6.45, 7) is 2.11. The van der Waals surface area contributed by atoms with Gasteiger partial charge in [-0.25, -0.2) is 0 Å². The molecule has 0 fully saturated rings. The quantitative estimate of drug-likeness (QED) is 0.722. The molecule has 1 aliphatic carbocycles. The van der Waals surface area contributed by atoms with Crippen LogP contribution in [-0.4, -0.2) is 16.2 Å². The molecular weight excluding hydrogens is 310 g/mol. The fraction of sp³-hybridized carbons (Fsp3) is 0.333. The van der Waals surface area contributed by atoms with Crippen molar-refractivity contribution in [2.45, 2.75) is 44.7 Å². The van der Waals surface area contributed by atoms with Crippen LogP contribution in [-0.2, 0) is 12.8 Å². The average Bonchev–Trinajstić information content (AvgIpc) is 3.05. The van der Waals surface area contributed by atoms with Gasteiger partial charge in [0.2, 0.25) is 0 Å². The van der Waals surface area contributed by atoms with Crippen molar-refractivity contribution in [3.8, 4) is 11.5 Å². The molecule has 0 saturated carbocycles. The number of hydrogen-bond acceptors (Lipinski definition) is 4. The molecule has 1 heterocycles. The van der Waals surface area contributed by atoms with Gasteiger partial charge in [0.05, 0.1) is 6.04 Å². The van der Waals surface area contributed by atoms with Crippen molar-refractivity contribution in [3.63, 3.8) is 0 Å². The minimum Gasteiger partial charge on any atom is -0.334 e. The van der Waals surface area contributed by atoms with Gasteiger partial charge in [0.15, 0.2) is 5.82 Å². The van der Waals surface area contributed by atoms with Crippen LogP contribution in [0.3, 0.4) is 0 Å². The molecule has 4 nitrogen and oxygen atoms in total. The van der Waals surface area contributed by atoms with Crippen molar-refractivity contribution in [3.05, 3.63) is 71.5 Å². The number of benzene rings is 2. The highest BCUT2D eigenvalue weighted by Gasteiger charge is 2.21. The van der Waals surface area contributed by atoms with Crippen molar-refractivity contribution >= 4 is 0 Å². The minimum absolute atomic E-state index is 0.0662. The Morgan fingerprint density at radius 3 is 2.64 bits per heavy atom. The standard InChI is InChI=1S/C21H23N3O/c1-15(20-23-21(25-24-20)17-9-3-2-4-10-17)22-19-13-7-12-16-8-5-6-11-18(16)14-19/h2-6,8-11,15,19,22H,7,12-14H2,1H3. The van der Waals surface area contributed by atoms with Gasteiger partial charge >= 0.3 is 0 Å². The first-order valence-corrected chi connectivity index (χ1v) is 9.01. The molecule has 0 saturated heterocycles. The molecule has 0 aliphatic heterocycles. The number of nitrogens with zero attached hydrogens (tertiary/aromatic N) is 2. The van der Waals surface area contributed by atoms with E-state index in [0.29, 0.717) is 11.9 Å². The van der Waals surface area contributed by atoms with E-state index in [1.165, 1.54) is 30.4 Å². The van der Waals surface area contributed by atoms with Gasteiger partial charge < -0.3 is 9.84 Å². The zero-order valence-electron chi connectivity index (χ0n) is 14.5. The Bertz CT molecular complexity index is 828. The average molecular weight is 333 g/mol. The van der Waals surface area contributed by atoms with Crippen LogP contribution in [0.2, 0.25) is 0 Å². The van der Waals surface area contributed by atoms with Gasteiger partial charge in [0.25, 0.3) is 5.89 Å². The third kappa shape index (κ3) is 3.64. The second kappa shape index (κ2) is 7.19. The summed E-state index contributed by atoms with van der Waals surface area (Å²) in [4.78, 5) is 4.57. The third-order valence-corrected chi connectivity index (χ3v) is 4.92. The lowest BCUT2D eigenvalue weighted by molar-refractivity contribution is 0.383. The third-order valence-electron chi connectivity index (χ3n) is 4.92. The topological polar surface area (TPSA) is 51.0 Å². The number of hydrogen-bond donors (Lipinski definition) is 1. The largest absolute Gasteiger partial charge is 0.334 e. The van der Waals surface area contributed by atoms with Crippen molar-refractivity contribution in [2.75, 3.05) is 0 Å².